The van der Waals surface area contributed by atoms with Gasteiger partial charge in [-0.05, 0) is 44.0 Å². The van der Waals surface area contributed by atoms with E-state index in [0.29, 0.717) is 12.6 Å². The van der Waals surface area contributed by atoms with Crippen LogP contribution < -0.4 is 10.6 Å². The van der Waals surface area contributed by atoms with Gasteiger partial charge in [0, 0.05) is 31.9 Å². The highest BCUT2D eigenvalue weighted by Gasteiger charge is 2.50. The van der Waals surface area contributed by atoms with Crippen molar-refractivity contribution in [3.05, 3.63) is 30.1 Å². The van der Waals surface area contributed by atoms with Crippen molar-refractivity contribution >= 4 is 5.69 Å². The monoisotopic (exact) mass is 263 g/mol. The van der Waals surface area contributed by atoms with Gasteiger partial charge in [-0.2, -0.15) is 0 Å². The van der Waals surface area contributed by atoms with E-state index in [4.69, 9.17) is 5.73 Å². The molecule has 0 bridgehead atoms. The van der Waals surface area contributed by atoms with Crippen LogP contribution in [-0.4, -0.2) is 43.2 Å². The van der Waals surface area contributed by atoms with Crippen molar-refractivity contribution in [3.8, 4) is 0 Å². The molecular weight excluding hydrogens is 241 g/mol. The number of anilines is 1. The lowest BCUT2D eigenvalue weighted by Crippen LogP contribution is -2.58. The van der Waals surface area contributed by atoms with Crippen LogP contribution in [0.3, 0.4) is 0 Å². The number of nitrogens with two attached hydrogens (primary N) is 1. The highest BCUT2D eigenvalue weighted by atomic mass is 19.1. The Morgan fingerprint density at radius 2 is 2.32 bits per heavy atom. The van der Waals surface area contributed by atoms with E-state index in [1.54, 1.807) is 12.1 Å². The van der Waals surface area contributed by atoms with Crippen molar-refractivity contribution in [1.82, 2.24) is 4.90 Å². The molecule has 0 spiro atoms. The zero-order valence-electron chi connectivity index (χ0n) is 11.5. The first kappa shape index (κ1) is 12.9. The van der Waals surface area contributed by atoms with Gasteiger partial charge in [0.05, 0.1) is 5.54 Å². The maximum atomic E-state index is 13.4. The highest BCUT2D eigenvalue weighted by Crippen LogP contribution is 2.40. The number of fused-ring (bicyclic) bond motifs is 1. The first-order valence-electron chi connectivity index (χ1n) is 7.11. The summed E-state index contributed by atoms with van der Waals surface area (Å²) < 4.78 is 13.4. The Morgan fingerprint density at radius 3 is 3.05 bits per heavy atom. The van der Waals surface area contributed by atoms with Gasteiger partial charge in [-0.25, -0.2) is 4.39 Å². The second-order valence-corrected chi connectivity index (χ2v) is 5.79. The predicted octanol–water partition coefficient (Wildman–Crippen LogP) is 1.83. The zero-order valence-corrected chi connectivity index (χ0v) is 11.5. The summed E-state index contributed by atoms with van der Waals surface area (Å²) in [4.78, 5) is 4.76. The summed E-state index contributed by atoms with van der Waals surface area (Å²) in [6.45, 7) is 2.92. The molecule has 0 radical (unpaired) electrons. The van der Waals surface area contributed by atoms with Crippen LogP contribution in [0.2, 0.25) is 0 Å². The number of rotatable bonds is 3. The molecule has 104 valence electrons. The predicted molar refractivity (Wildman–Crippen MR) is 75.8 cm³/mol. The van der Waals surface area contributed by atoms with Gasteiger partial charge in [-0.1, -0.05) is 6.07 Å². The zero-order chi connectivity index (χ0) is 13.5. The SMILES string of the molecule is CN(c1cccc(F)c1)C1(CN)CCN2CCCC21. The van der Waals surface area contributed by atoms with Gasteiger partial charge in [0.25, 0.3) is 0 Å². The first-order valence-corrected chi connectivity index (χ1v) is 7.11. The molecule has 2 aliphatic rings. The number of nitrogens with zero attached hydrogens (tertiary/aromatic N) is 2. The van der Waals surface area contributed by atoms with Crippen molar-refractivity contribution in [1.29, 1.82) is 0 Å². The first-order chi connectivity index (χ1) is 9.17. The van der Waals surface area contributed by atoms with Gasteiger partial charge in [0.1, 0.15) is 5.82 Å². The van der Waals surface area contributed by atoms with Crippen molar-refractivity contribution in [2.75, 3.05) is 31.6 Å². The third-order valence-electron chi connectivity index (χ3n) is 5.03. The average Bonchev–Trinajstić information content (AvgIpc) is 3.00. The summed E-state index contributed by atoms with van der Waals surface area (Å²) in [5.41, 5.74) is 7.03. The molecule has 0 amide bonds. The maximum Gasteiger partial charge on any atom is 0.125 e. The molecule has 0 saturated carbocycles. The Bertz CT molecular complexity index is 464. The molecule has 2 saturated heterocycles. The number of likely N-dealkylation sites (N-methyl/N-ethyl adjacent to an activating group) is 1. The van der Waals surface area contributed by atoms with E-state index in [-0.39, 0.29) is 11.4 Å². The Hall–Kier alpha value is -1.13. The Morgan fingerprint density at radius 1 is 1.47 bits per heavy atom. The fourth-order valence-electron chi connectivity index (χ4n) is 3.91. The molecule has 2 heterocycles. The van der Waals surface area contributed by atoms with Crippen LogP contribution in [0.15, 0.2) is 24.3 Å². The molecule has 3 rings (SSSR count). The molecule has 2 unspecified atom stereocenters. The molecular formula is C15H22FN3. The van der Waals surface area contributed by atoms with Crippen molar-refractivity contribution in [2.24, 2.45) is 5.73 Å². The molecule has 2 atom stereocenters. The fraction of sp³-hybridized carbons (Fsp3) is 0.600. The number of benzene rings is 1. The van der Waals surface area contributed by atoms with E-state index in [2.05, 4.69) is 16.8 Å². The minimum absolute atomic E-state index is 0.0374. The molecule has 1 aromatic rings. The number of hydrogen-bond acceptors (Lipinski definition) is 3. The van der Waals surface area contributed by atoms with Gasteiger partial charge >= 0.3 is 0 Å². The van der Waals surface area contributed by atoms with Gasteiger partial charge in [-0.3, -0.25) is 4.90 Å². The van der Waals surface area contributed by atoms with Gasteiger partial charge in [-0.15, -0.1) is 0 Å². The van der Waals surface area contributed by atoms with E-state index in [1.165, 1.54) is 25.5 Å². The summed E-state index contributed by atoms with van der Waals surface area (Å²) >= 11 is 0. The summed E-state index contributed by atoms with van der Waals surface area (Å²) in [6, 6.07) is 7.36. The lowest BCUT2D eigenvalue weighted by molar-refractivity contribution is 0.262. The second kappa shape index (κ2) is 4.76. The minimum Gasteiger partial charge on any atom is -0.366 e. The highest BCUT2D eigenvalue weighted by molar-refractivity contribution is 5.50. The molecule has 0 aromatic heterocycles. The van der Waals surface area contributed by atoms with Gasteiger partial charge in [0.2, 0.25) is 0 Å². The minimum atomic E-state index is -0.183. The van der Waals surface area contributed by atoms with E-state index in [9.17, 15) is 4.39 Å². The van der Waals surface area contributed by atoms with Crippen LogP contribution in [0, 0.1) is 5.82 Å². The summed E-state index contributed by atoms with van der Waals surface area (Å²) in [6.07, 6.45) is 3.53. The van der Waals surface area contributed by atoms with Crippen LogP contribution in [0.5, 0.6) is 0 Å². The molecule has 2 fully saturated rings. The smallest absolute Gasteiger partial charge is 0.125 e. The molecule has 2 aliphatic heterocycles. The average molecular weight is 263 g/mol. The lowest BCUT2D eigenvalue weighted by atomic mass is 9.86. The second-order valence-electron chi connectivity index (χ2n) is 5.79. The van der Waals surface area contributed by atoms with Crippen molar-refractivity contribution in [3.63, 3.8) is 0 Å². The molecule has 4 heteroatoms. The molecule has 1 aromatic carbocycles. The summed E-state index contributed by atoms with van der Waals surface area (Å²) in [5, 5.41) is 0. The van der Waals surface area contributed by atoms with Crippen molar-refractivity contribution < 1.29 is 4.39 Å². The van der Waals surface area contributed by atoms with Gasteiger partial charge < -0.3 is 10.6 Å². The lowest BCUT2D eigenvalue weighted by Gasteiger charge is -2.44. The van der Waals surface area contributed by atoms with Crippen LogP contribution in [-0.2, 0) is 0 Å². The van der Waals surface area contributed by atoms with Crippen LogP contribution in [0.25, 0.3) is 0 Å². The van der Waals surface area contributed by atoms with Crippen molar-refractivity contribution in [2.45, 2.75) is 30.8 Å². The normalized spacial score (nSPS) is 30.6. The largest absolute Gasteiger partial charge is 0.366 e. The van der Waals surface area contributed by atoms with Crippen LogP contribution >= 0.6 is 0 Å². The Labute approximate surface area is 114 Å². The maximum absolute atomic E-state index is 13.4. The number of hydrogen-bond donors (Lipinski definition) is 1. The molecule has 19 heavy (non-hydrogen) atoms. The van der Waals surface area contributed by atoms with E-state index >= 15 is 0 Å². The summed E-state index contributed by atoms with van der Waals surface area (Å²) in [5.74, 6) is -0.183. The molecule has 3 nitrogen and oxygen atoms in total. The van der Waals surface area contributed by atoms with E-state index < -0.39 is 0 Å². The Kier molecular flexibility index (Phi) is 3.23. The standard InChI is InChI=1S/C15H22FN3/c1-18(13-5-2-4-12(16)10-13)15(11-17)7-9-19-8-3-6-14(15)19/h2,4-5,10,14H,3,6-9,11,17H2,1H3. The topological polar surface area (TPSA) is 32.5 Å². The summed E-state index contributed by atoms with van der Waals surface area (Å²) in [7, 11) is 2.06. The number of halogens is 1. The molecule has 0 aliphatic carbocycles. The van der Waals surface area contributed by atoms with Crippen LogP contribution in [0.4, 0.5) is 10.1 Å². The third kappa shape index (κ3) is 1.94. The molecule has 2 N–H and O–H groups in total. The van der Waals surface area contributed by atoms with Gasteiger partial charge in [0.15, 0.2) is 0 Å². The third-order valence-corrected chi connectivity index (χ3v) is 5.03. The van der Waals surface area contributed by atoms with E-state index in [1.807, 2.05) is 6.07 Å². The Balaban J connectivity index is 1.93. The van der Waals surface area contributed by atoms with Crippen LogP contribution in [0.1, 0.15) is 19.3 Å². The van der Waals surface area contributed by atoms with E-state index in [0.717, 1.165) is 18.7 Å². The quantitative estimate of drug-likeness (QED) is 0.903. The fourth-order valence-corrected chi connectivity index (χ4v) is 3.91.